The highest BCUT2D eigenvalue weighted by molar-refractivity contribution is 5.87. The highest BCUT2D eigenvalue weighted by atomic mass is 16.4. The number of fused-ring (bicyclic) bond motifs is 1. The third kappa shape index (κ3) is 4.28. The summed E-state index contributed by atoms with van der Waals surface area (Å²) in [5.41, 5.74) is 2.38. The van der Waals surface area contributed by atoms with Gasteiger partial charge in [0, 0.05) is 12.6 Å². The van der Waals surface area contributed by atoms with Crippen molar-refractivity contribution in [3.05, 3.63) is 83.4 Å². The topological polar surface area (TPSA) is 69.6 Å². The van der Waals surface area contributed by atoms with Gasteiger partial charge in [-0.15, -0.1) is 0 Å². The lowest BCUT2D eigenvalue weighted by atomic mass is 9.99. The molecule has 0 aliphatic rings. The standard InChI is InChI=1S/C22H23NO3/c1-15(20-8-4-6-17-5-2-3-7-21(17)20)23-14-19(24)13-16-9-11-18(12-10-16)22(25)26/h2-12,15,19,23-24H,13-14H2,1H3,(H,25,26)/t15-,19?/m1/s1. The lowest BCUT2D eigenvalue weighted by Gasteiger charge is -2.19. The van der Waals surface area contributed by atoms with Crippen molar-refractivity contribution in [1.29, 1.82) is 0 Å². The van der Waals surface area contributed by atoms with Gasteiger partial charge >= 0.3 is 5.97 Å². The van der Waals surface area contributed by atoms with Crippen LogP contribution in [-0.4, -0.2) is 28.8 Å². The molecule has 0 aliphatic heterocycles. The molecule has 26 heavy (non-hydrogen) atoms. The van der Waals surface area contributed by atoms with Crippen molar-refractivity contribution in [2.75, 3.05) is 6.54 Å². The maximum atomic E-state index is 10.9. The molecular formula is C22H23NO3. The lowest BCUT2D eigenvalue weighted by Crippen LogP contribution is -2.30. The SMILES string of the molecule is C[C@@H](NCC(O)Cc1ccc(C(=O)O)cc1)c1cccc2ccccc12. The van der Waals surface area contributed by atoms with Crippen molar-refractivity contribution in [3.63, 3.8) is 0 Å². The van der Waals surface area contributed by atoms with E-state index in [1.54, 1.807) is 24.3 Å². The zero-order valence-corrected chi connectivity index (χ0v) is 14.7. The molecule has 3 N–H and O–H groups in total. The summed E-state index contributed by atoms with van der Waals surface area (Å²) in [7, 11) is 0. The Kier molecular flexibility index (Phi) is 5.66. The zero-order valence-electron chi connectivity index (χ0n) is 14.7. The van der Waals surface area contributed by atoms with E-state index in [0.29, 0.717) is 13.0 Å². The molecule has 0 bridgehead atoms. The van der Waals surface area contributed by atoms with E-state index >= 15 is 0 Å². The van der Waals surface area contributed by atoms with Crippen molar-refractivity contribution in [1.82, 2.24) is 5.32 Å². The van der Waals surface area contributed by atoms with Crippen LogP contribution in [0.15, 0.2) is 66.7 Å². The Morgan fingerprint density at radius 3 is 2.42 bits per heavy atom. The van der Waals surface area contributed by atoms with E-state index in [1.165, 1.54) is 16.3 Å². The highest BCUT2D eigenvalue weighted by Crippen LogP contribution is 2.24. The van der Waals surface area contributed by atoms with Crippen molar-refractivity contribution in [2.24, 2.45) is 0 Å². The molecule has 0 radical (unpaired) electrons. The number of aromatic carboxylic acids is 1. The Morgan fingerprint density at radius 1 is 1.00 bits per heavy atom. The minimum Gasteiger partial charge on any atom is -0.478 e. The predicted molar refractivity (Wildman–Crippen MR) is 103 cm³/mol. The van der Waals surface area contributed by atoms with Crippen molar-refractivity contribution in [2.45, 2.75) is 25.5 Å². The number of carbonyl (C=O) groups is 1. The maximum absolute atomic E-state index is 10.9. The van der Waals surface area contributed by atoms with Crippen LogP contribution in [0.4, 0.5) is 0 Å². The Hall–Kier alpha value is -2.69. The van der Waals surface area contributed by atoms with Crippen molar-refractivity contribution >= 4 is 16.7 Å². The van der Waals surface area contributed by atoms with Crippen LogP contribution in [-0.2, 0) is 6.42 Å². The van der Waals surface area contributed by atoms with Gasteiger partial charge in [0.15, 0.2) is 0 Å². The van der Waals surface area contributed by atoms with Crippen LogP contribution in [0.25, 0.3) is 10.8 Å². The summed E-state index contributed by atoms with van der Waals surface area (Å²) in [4.78, 5) is 10.9. The smallest absolute Gasteiger partial charge is 0.335 e. The Bertz CT molecular complexity index is 884. The van der Waals surface area contributed by atoms with E-state index in [1.807, 2.05) is 12.1 Å². The van der Waals surface area contributed by atoms with Gasteiger partial charge in [0.05, 0.1) is 11.7 Å². The maximum Gasteiger partial charge on any atom is 0.335 e. The minimum absolute atomic E-state index is 0.116. The summed E-state index contributed by atoms with van der Waals surface area (Å²) < 4.78 is 0. The fraction of sp³-hybridized carbons (Fsp3) is 0.227. The monoisotopic (exact) mass is 349 g/mol. The van der Waals surface area contributed by atoms with E-state index in [-0.39, 0.29) is 11.6 Å². The number of aliphatic hydroxyl groups is 1. The average molecular weight is 349 g/mol. The first-order valence-corrected chi connectivity index (χ1v) is 8.76. The Morgan fingerprint density at radius 2 is 1.69 bits per heavy atom. The highest BCUT2D eigenvalue weighted by Gasteiger charge is 2.12. The summed E-state index contributed by atoms with van der Waals surface area (Å²) in [5.74, 6) is -0.942. The van der Waals surface area contributed by atoms with E-state index < -0.39 is 12.1 Å². The summed E-state index contributed by atoms with van der Waals surface area (Å²) in [6.45, 7) is 2.56. The van der Waals surface area contributed by atoms with Gasteiger partial charge < -0.3 is 15.5 Å². The van der Waals surface area contributed by atoms with Crippen LogP contribution in [0.3, 0.4) is 0 Å². The minimum atomic E-state index is -0.942. The number of hydrogen-bond acceptors (Lipinski definition) is 3. The summed E-state index contributed by atoms with van der Waals surface area (Å²) in [6, 6.07) is 21.3. The first-order valence-electron chi connectivity index (χ1n) is 8.76. The second-order valence-corrected chi connectivity index (χ2v) is 6.56. The molecule has 4 nitrogen and oxygen atoms in total. The van der Waals surface area contributed by atoms with Crippen LogP contribution in [0.2, 0.25) is 0 Å². The summed E-state index contributed by atoms with van der Waals surface area (Å²) in [5, 5.41) is 25.1. The van der Waals surface area contributed by atoms with Gasteiger partial charge in [0.1, 0.15) is 0 Å². The molecule has 0 saturated heterocycles. The second-order valence-electron chi connectivity index (χ2n) is 6.56. The molecule has 4 heteroatoms. The van der Waals surface area contributed by atoms with Gasteiger partial charge in [-0.1, -0.05) is 54.6 Å². The van der Waals surface area contributed by atoms with Gasteiger partial charge in [-0.2, -0.15) is 0 Å². The molecule has 0 spiro atoms. The van der Waals surface area contributed by atoms with E-state index in [9.17, 15) is 9.90 Å². The van der Waals surface area contributed by atoms with Gasteiger partial charge in [0.25, 0.3) is 0 Å². The van der Waals surface area contributed by atoms with Gasteiger partial charge in [0.2, 0.25) is 0 Å². The Labute approximate surface area is 153 Å². The normalized spacial score (nSPS) is 13.5. The number of hydrogen-bond donors (Lipinski definition) is 3. The number of nitrogens with one attached hydrogen (secondary N) is 1. The fourth-order valence-corrected chi connectivity index (χ4v) is 3.18. The van der Waals surface area contributed by atoms with Crippen LogP contribution in [0, 0.1) is 0 Å². The van der Waals surface area contributed by atoms with Crippen molar-refractivity contribution < 1.29 is 15.0 Å². The fourth-order valence-electron chi connectivity index (χ4n) is 3.18. The van der Waals surface area contributed by atoms with Crippen LogP contribution >= 0.6 is 0 Å². The molecule has 2 atom stereocenters. The molecule has 3 rings (SSSR count). The number of aliphatic hydroxyl groups excluding tert-OH is 1. The van der Waals surface area contributed by atoms with E-state index in [2.05, 4.69) is 42.6 Å². The van der Waals surface area contributed by atoms with Gasteiger partial charge in [-0.05, 0) is 47.4 Å². The summed E-state index contributed by atoms with van der Waals surface area (Å²) in [6.07, 6.45) is -0.0575. The molecule has 1 unspecified atom stereocenters. The molecule has 3 aromatic rings. The Balaban J connectivity index is 1.60. The van der Waals surface area contributed by atoms with E-state index in [4.69, 9.17) is 5.11 Å². The number of rotatable bonds is 7. The first-order chi connectivity index (χ1) is 12.5. The largest absolute Gasteiger partial charge is 0.478 e. The molecule has 0 saturated carbocycles. The third-order valence-electron chi connectivity index (χ3n) is 4.62. The number of benzene rings is 3. The van der Waals surface area contributed by atoms with Crippen LogP contribution in [0.1, 0.15) is 34.5 Å². The molecule has 3 aromatic carbocycles. The van der Waals surface area contributed by atoms with Crippen LogP contribution in [0.5, 0.6) is 0 Å². The molecule has 0 aliphatic carbocycles. The quantitative estimate of drug-likeness (QED) is 0.607. The van der Waals surface area contributed by atoms with Crippen LogP contribution < -0.4 is 5.32 Å². The molecule has 0 aromatic heterocycles. The van der Waals surface area contributed by atoms with Crippen molar-refractivity contribution in [3.8, 4) is 0 Å². The molecule has 0 heterocycles. The first kappa shape index (κ1) is 18.1. The predicted octanol–water partition coefficient (Wildman–Crippen LogP) is 3.79. The van der Waals surface area contributed by atoms with Gasteiger partial charge in [-0.25, -0.2) is 4.79 Å². The third-order valence-corrected chi connectivity index (χ3v) is 4.62. The lowest BCUT2D eigenvalue weighted by molar-refractivity contribution is 0.0697. The number of carboxylic acids is 1. The van der Waals surface area contributed by atoms with E-state index in [0.717, 1.165) is 5.56 Å². The molecule has 134 valence electrons. The molecule has 0 fully saturated rings. The average Bonchev–Trinajstić information content (AvgIpc) is 2.66. The summed E-state index contributed by atoms with van der Waals surface area (Å²) >= 11 is 0. The number of carboxylic acid groups (broad SMARTS) is 1. The molecular weight excluding hydrogens is 326 g/mol. The molecule has 0 amide bonds. The zero-order chi connectivity index (χ0) is 18.5. The van der Waals surface area contributed by atoms with Gasteiger partial charge in [-0.3, -0.25) is 0 Å². The second kappa shape index (κ2) is 8.13.